The lowest BCUT2D eigenvalue weighted by atomic mass is 9.67. The van der Waals surface area contributed by atoms with E-state index in [1.165, 1.54) is 23.1 Å². The van der Waals surface area contributed by atoms with E-state index in [0.717, 1.165) is 10.0 Å². The third kappa shape index (κ3) is 3.21. The second-order valence-corrected chi connectivity index (χ2v) is 11.5. The molecule has 0 aromatic heterocycles. The quantitative estimate of drug-likeness (QED) is 0.375. The van der Waals surface area contributed by atoms with Crippen molar-refractivity contribution in [3.8, 4) is 0 Å². The van der Waals surface area contributed by atoms with Crippen molar-refractivity contribution >= 4 is 79.7 Å². The number of likely N-dealkylation sites (tertiary alicyclic amines) is 1. The largest absolute Gasteiger partial charge is 0.345 e. The molecule has 1 unspecified atom stereocenters. The number of nitrogens with one attached hydrogen (secondary N) is 2. The van der Waals surface area contributed by atoms with Gasteiger partial charge in [0, 0.05) is 33.2 Å². The van der Waals surface area contributed by atoms with E-state index in [0.29, 0.717) is 28.5 Å². The summed E-state index contributed by atoms with van der Waals surface area (Å²) in [6.45, 7) is 0.361. The van der Waals surface area contributed by atoms with Gasteiger partial charge < -0.3 is 10.6 Å². The van der Waals surface area contributed by atoms with E-state index in [4.69, 9.17) is 35.4 Å². The lowest BCUT2D eigenvalue weighted by Gasteiger charge is -2.42. The van der Waals surface area contributed by atoms with E-state index < -0.39 is 28.7 Å². The molecule has 2 N–H and O–H groups in total. The Kier molecular flexibility index (Phi) is 5.67. The first-order chi connectivity index (χ1) is 17.6. The molecule has 2 amide bonds. The van der Waals surface area contributed by atoms with Gasteiger partial charge in [0.1, 0.15) is 5.82 Å². The van der Waals surface area contributed by atoms with Gasteiger partial charge in [-0.15, -0.1) is 0 Å². The number of halogens is 4. The van der Waals surface area contributed by atoms with Crippen LogP contribution in [0.5, 0.6) is 0 Å². The molecule has 6 rings (SSSR count). The number of anilines is 2. The molecule has 6 nitrogen and oxygen atoms in total. The van der Waals surface area contributed by atoms with Crippen molar-refractivity contribution in [3.05, 3.63) is 92.1 Å². The van der Waals surface area contributed by atoms with Gasteiger partial charge in [-0.05, 0) is 73.4 Å². The van der Waals surface area contributed by atoms with E-state index >= 15 is 0 Å². The first kappa shape index (κ1) is 24.8. The predicted octanol–water partition coefficient (Wildman–Crippen LogP) is 5.43. The molecular weight excluding hydrogens is 602 g/mol. The van der Waals surface area contributed by atoms with Crippen LogP contribution in [0.3, 0.4) is 0 Å². The highest BCUT2D eigenvalue weighted by Gasteiger charge is 2.77. The molecule has 11 heteroatoms. The zero-order chi connectivity index (χ0) is 26.3. The van der Waals surface area contributed by atoms with Crippen LogP contribution in [-0.2, 0) is 15.1 Å². The smallest absolute Gasteiger partial charge is 0.262 e. The van der Waals surface area contributed by atoms with Crippen molar-refractivity contribution in [2.45, 2.75) is 17.0 Å². The maximum atomic E-state index is 14.7. The van der Waals surface area contributed by atoms with Gasteiger partial charge >= 0.3 is 0 Å². The van der Waals surface area contributed by atoms with Crippen LogP contribution < -0.4 is 15.5 Å². The lowest BCUT2D eigenvalue weighted by Crippen LogP contribution is -2.68. The van der Waals surface area contributed by atoms with Crippen molar-refractivity contribution in [3.63, 3.8) is 0 Å². The number of thiocarbonyl (C=S) groups is 1. The summed E-state index contributed by atoms with van der Waals surface area (Å²) in [6, 6.07) is 16.7. The van der Waals surface area contributed by atoms with Crippen LogP contribution in [0.15, 0.2) is 65.1 Å². The van der Waals surface area contributed by atoms with Gasteiger partial charge in [-0.2, -0.15) is 0 Å². The summed E-state index contributed by atoms with van der Waals surface area (Å²) >= 11 is 21.5. The summed E-state index contributed by atoms with van der Waals surface area (Å²) in [7, 11) is 1.82. The second-order valence-electron chi connectivity index (χ2n) is 9.32. The fraction of sp³-hybridized carbons (Fsp3) is 0.192. The van der Waals surface area contributed by atoms with Crippen molar-refractivity contribution < 1.29 is 14.0 Å². The highest BCUT2D eigenvalue weighted by atomic mass is 79.9. The number of hydrogen-bond acceptors (Lipinski definition) is 4. The Morgan fingerprint density at radius 2 is 1.81 bits per heavy atom. The highest BCUT2D eigenvalue weighted by Crippen LogP contribution is 2.59. The van der Waals surface area contributed by atoms with E-state index in [9.17, 15) is 14.0 Å². The van der Waals surface area contributed by atoms with Gasteiger partial charge in [-0.25, -0.2) is 4.39 Å². The molecule has 0 bridgehead atoms. The Hall–Kier alpha value is -2.56. The van der Waals surface area contributed by atoms with Gasteiger partial charge in [0.25, 0.3) is 11.8 Å². The van der Waals surface area contributed by atoms with E-state index in [1.807, 2.05) is 36.2 Å². The fourth-order valence-corrected chi connectivity index (χ4v) is 7.08. The Bertz CT molecular complexity index is 1520. The maximum absolute atomic E-state index is 14.7. The van der Waals surface area contributed by atoms with Gasteiger partial charge in [0.15, 0.2) is 16.2 Å². The molecule has 3 aromatic rings. The molecular formula is C26H18BrCl2FN4O2S. The average Bonchev–Trinajstić information content (AvgIpc) is 3.40. The third-order valence-electron chi connectivity index (χ3n) is 7.55. The molecule has 0 aliphatic carbocycles. The number of carbonyl (C=O) groups is 2. The van der Waals surface area contributed by atoms with E-state index in [1.54, 1.807) is 18.2 Å². The molecule has 2 spiro atoms. The van der Waals surface area contributed by atoms with Gasteiger partial charge in [0.2, 0.25) is 0 Å². The topological polar surface area (TPSA) is 64.7 Å². The van der Waals surface area contributed by atoms with Crippen molar-refractivity contribution in [2.24, 2.45) is 0 Å². The summed E-state index contributed by atoms with van der Waals surface area (Å²) < 4.78 is 14.7. The minimum atomic E-state index is -1.54. The van der Waals surface area contributed by atoms with E-state index in [-0.39, 0.29) is 16.0 Å². The van der Waals surface area contributed by atoms with Crippen LogP contribution in [0.2, 0.25) is 10.0 Å². The van der Waals surface area contributed by atoms with Crippen LogP contribution in [0, 0.1) is 5.82 Å². The number of likely N-dealkylation sites (N-methyl/N-ethyl adjacent to an activating group) is 1. The summed E-state index contributed by atoms with van der Waals surface area (Å²) in [4.78, 5) is 32.0. The summed E-state index contributed by atoms with van der Waals surface area (Å²) in [5.74, 6) is -1.90. The number of hydrogen-bond donors (Lipinski definition) is 2. The van der Waals surface area contributed by atoms with Crippen molar-refractivity contribution in [2.75, 3.05) is 23.8 Å². The summed E-state index contributed by atoms with van der Waals surface area (Å²) in [6.07, 6.45) is 0. The Morgan fingerprint density at radius 1 is 1.08 bits per heavy atom. The molecule has 188 valence electrons. The zero-order valence-electron chi connectivity index (χ0n) is 19.2. The first-order valence-corrected chi connectivity index (χ1v) is 13.3. The Morgan fingerprint density at radius 3 is 2.51 bits per heavy atom. The van der Waals surface area contributed by atoms with Gasteiger partial charge in [0.05, 0.1) is 10.7 Å². The molecule has 2 fully saturated rings. The van der Waals surface area contributed by atoms with Crippen LogP contribution in [0.4, 0.5) is 15.8 Å². The third-order valence-corrected chi connectivity index (χ3v) is 8.87. The van der Waals surface area contributed by atoms with Crippen LogP contribution in [0.25, 0.3) is 0 Å². The minimum Gasteiger partial charge on any atom is -0.345 e. The summed E-state index contributed by atoms with van der Waals surface area (Å²) in [5, 5.41) is 6.78. The maximum Gasteiger partial charge on any atom is 0.262 e. The Labute approximate surface area is 235 Å². The average molecular weight is 620 g/mol. The molecule has 3 aliphatic rings. The molecule has 3 aliphatic heterocycles. The molecule has 2 saturated heterocycles. The van der Waals surface area contributed by atoms with Crippen molar-refractivity contribution in [1.29, 1.82) is 0 Å². The number of fused-ring (bicyclic) bond motifs is 3. The lowest BCUT2D eigenvalue weighted by molar-refractivity contribution is -0.137. The molecule has 3 atom stereocenters. The molecule has 37 heavy (non-hydrogen) atoms. The summed E-state index contributed by atoms with van der Waals surface area (Å²) in [5.41, 5.74) is -0.613. The van der Waals surface area contributed by atoms with Crippen LogP contribution >= 0.6 is 51.3 Å². The number of amides is 2. The molecule has 3 aromatic carbocycles. The zero-order valence-corrected chi connectivity index (χ0v) is 23.1. The molecule has 3 heterocycles. The monoisotopic (exact) mass is 618 g/mol. The van der Waals surface area contributed by atoms with Gasteiger partial charge in [-0.3, -0.25) is 19.4 Å². The van der Waals surface area contributed by atoms with Crippen molar-refractivity contribution in [1.82, 2.24) is 10.2 Å². The fourth-order valence-electron chi connectivity index (χ4n) is 6.07. The minimum absolute atomic E-state index is 0.0950. The Balaban J connectivity index is 1.63. The molecule has 0 radical (unpaired) electrons. The SMILES string of the molecule is CN1CC(c2ccc(Cl)cc2)[C@@]2(NC(=S)N(c3ccc(F)c(Cl)c3)C2=O)[C@@]12C(=O)Nc1ccc(Br)cc12. The van der Waals surface area contributed by atoms with E-state index in [2.05, 4.69) is 26.6 Å². The highest BCUT2D eigenvalue weighted by molar-refractivity contribution is 9.10. The predicted molar refractivity (Wildman–Crippen MR) is 149 cm³/mol. The number of carbonyl (C=O) groups excluding carboxylic acids is 2. The van der Waals surface area contributed by atoms with Crippen LogP contribution in [-0.4, -0.2) is 41.0 Å². The van der Waals surface area contributed by atoms with Crippen LogP contribution in [0.1, 0.15) is 17.0 Å². The second kappa shape index (κ2) is 8.47. The first-order valence-electron chi connectivity index (χ1n) is 11.3. The number of benzene rings is 3. The van der Waals surface area contributed by atoms with Gasteiger partial charge in [-0.1, -0.05) is 51.3 Å². The standard InChI is InChI=1S/C26H18BrCl2FN4O2S/c1-33-12-18(13-2-5-15(28)6-3-13)25(26(33)17-10-14(27)4-9-21(17)31-22(26)35)23(36)34(24(37)32-25)16-7-8-20(30)19(29)11-16/h2-11,18H,12H2,1H3,(H,31,35)(H,32,37)/t18?,25-,26+/m0/s1. The number of rotatable bonds is 2. The number of nitrogens with zero attached hydrogens (tertiary/aromatic N) is 2. The molecule has 0 saturated carbocycles. The normalized spacial score (nSPS) is 26.8.